The van der Waals surface area contributed by atoms with E-state index in [2.05, 4.69) is 32.3 Å². The summed E-state index contributed by atoms with van der Waals surface area (Å²) in [5.74, 6) is 2.37. The van der Waals surface area contributed by atoms with Gasteiger partial charge >= 0.3 is 0 Å². The lowest BCUT2D eigenvalue weighted by atomic mass is 9.91. The van der Waals surface area contributed by atoms with Crippen LogP contribution in [0.5, 0.6) is 0 Å². The van der Waals surface area contributed by atoms with Crippen molar-refractivity contribution in [2.75, 3.05) is 16.8 Å². The second kappa shape index (κ2) is 7.65. The number of hydrogen-bond acceptors (Lipinski definition) is 5. The average molecular weight is 409 g/mol. The molecule has 2 heterocycles. The van der Waals surface area contributed by atoms with E-state index < -0.39 is 5.60 Å². The zero-order valence-corrected chi connectivity index (χ0v) is 17.7. The van der Waals surface area contributed by atoms with Crippen LogP contribution in [0.25, 0.3) is 0 Å². The third-order valence-electron chi connectivity index (χ3n) is 5.17. The Morgan fingerprint density at radius 1 is 1.07 bits per heavy atom. The van der Waals surface area contributed by atoms with E-state index in [0.29, 0.717) is 5.02 Å². The van der Waals surface area contributed by atoms with E-state index in [1.165, 1.54) is 11.1 Å². The fraction of sp³-hybridized carbons (Fsp3) is 0.304. The zero-order chi connectivity index (χ0) is 20.6. The number of fused-ring (bicyclic) bond motifs is 1. The normalized spacial score (nSPS) is 13.9. The Bertz CT molecular complexity index is 1050. The van der Waals surface area contributed by atoms with Crippen LogP contribution in [-0.4, -0.2) is 21.6 Å². The van der Waals surface area contributed by atoms with Gasteiger partial charge in [-0.15, -0.1) is 0 Å². The number of aromatic nitrogens is 2. The Balaban J connectivity index is 1.57. The van der Waals surface area contributed by atoms with Crippen molar-refractivity contribution in [3.8, 4) is 0 Å². The van der Waals surface area contributed by atoms with Crippen molar-refractivity contribution < 1.29 is 5.11 Å². The maximum Gasteiger partial charge on any atom is 0.136 e. The molecule has 1 aliphatic rings. The SMILES string of the molecule is Cc1nc(Nc2cccc(Cl)c2)cc(N2CCc3cc(C(C)(C)O)ccc3C2)n1. The second-order valence-corrected chi connectivity index (χ2v) is 8.44. The quantitative estimate of drug-likeness (QED) is 0.638. The minimum atomic E-state index is -0.823. The van der Waals surface area contributed by atoms with Crippen LogP contribution >= 0.6 is 11.6 Å². The third kappa shape index (κ3) is 4.52. The van der Waals surface area contributed by atoms with Gasteiger partial charge < -0.3 is 15.3 Å². The van der Waals surface area contributed by atoms with Crippen molar-refractivity contribution in [3.05, 3.63) is 76.1 Å². The topological polar surface area (TPSA) is 61.3 Å². The van der Waals surface area contributed by atoms with E-state index in [0.717, 1.165) is 48.2 Å². The molecule has 0 aliphatic carbocycles. The van der Waals surface area contributed by atoms with Crippen molar-refractivity contribution in [2.24, 2.45) is 0 Å². The highest BCUT2D eigenvalue weighted by molar-refractivity contribution is 6.30. The van der Waals surface area contributed by atoms with Gasteiger partial charge in [0, 0.05) is 29.9 Å². The van der Waals surface area contributed by atoms with Crippen LogP contribution in [0, 0.1) is 6.92 Å². The Labute approximate surface area is 176 Å². The number of nitrogens with zero attached hydrogens (tertiary/aromatic N) is 3. The molecule has 6 heteroatoms. The molecule has 0 saturated heterocycles. The summed E-state index contributed by atoms with van der Waals surface area (Å²) < 4.78 is 0. The van der Waals surface area contributed by atoms with E-state index in [-0.39, 0.29) is 0 Å². The summed E-state index contributed by atoms with van der Waals surface area (Å²) >= 11 is 6.09. The van der Waals surface area contributed by atoms with E-state index >= 15 is 0 Å². The lowest BCUT2D eigenvalue weighted by Crippen LogP contribution is -2.31. The molecular weight excluding hydrogens is 384 g/mol. The Hall–Kier alpha value is -2.63. The molecule has 0 atom stereocenters. The first-order chi connectivity index (χ1) is 13.8. The first-order valence-electron chi connectivity index (χ1n) is 9.76. The zero-order valence-electron chi connectivity index (χ0n) is 16.9. The van der Waals surface area contributed by atoms with Crippen molar-refractivity contribution in [1.82, 2.24) is 9.97 Å². The van der Waals surface area contributed by atoms with Crippen molar-refractivity contribution in [3.63, 3.8) is 0 Å². The Morgan fingerprint density at radius 2 is 1.90 bits per heavy atom. The lowest BCUT2D eigenvalue weighted by Gasteiger charge is -2.31. The van der Waals surface area contributed by atoms with Gasteiger partial charge in [0.25, 0.3) is 0 Å². The molecule has 1 aliphatic heterocycles. The van der Waals surface area contributed by atoms with Gasteiger partial charge in [-0.3, -0.25) is 0 Å². The predicted octanol–water partition coefficient (Wildman–Crippen LogP) is 4.97. The maximum atomic E-state index is 10.3. The standard InChI is InChI=1S/C23H25ClN4O/c1-15-25-21(27-20-6-4-5-19(24)12-20)13-22(26-15)28-10-9-16-11-18(23(2,3)29)8-7-17(16)14-28/h4-8,11-13,29H,9-10,14H2,1-3H3,(H,25,26,27). The van der Waals surface area contributed by atoms with Gasteiger partial charge in [0.2, 0.25) is 0 Å². The number of aliphatic hydroxyl groups is 1. The molecule has 0 radical (unpaired) electrons. The molecular formula is C23H25ClN4O. The second-order valence-electron chi connectivity index (χ2n) is 8.01. The first-order valence-corrected chi connectivity index (χ1v) is 10.1. The monoisotopic (exact) mass is 408 g/mol. The molecule has 1 aromatic heterocycles. The van der Waals surface area contributed by atoms with Gasteiger partial charge in [0.05, 0.1) is 5.60 Å². The highest BCUT2D eigenvalue weighted by atomic mass is 35.5. The molecule has 0 spiro atoms. The highest BCUT2D eigenvalue weighted by Crippen LogP contribution is 2.29. The molecule has 29 heavy (non-hydrogen) atoms. The number of anilines is 3. The Morgan fingerprint density at radius 3 is 2.66 bits per heavy atom. The van der Waals surface area contributed by atoms with Crippen molar-refractivity contribution in [1.29, 1.82) is 0 Å². The van der Waals surface area contributed by atoms with E-state index in [4.69, 9.17) is 11.6 Å². The van der Waals surface area contributed by atoms with Crippen LogP contribution in [-0.2, 0) is 18.6 Å². The minimum Gasteiger partial charge on any atom is -0.386 e. The minimum absolute atomic E-state index is 0.680. The lowest BCUT2D eigenvalue weighted by molar-refractivity contribution is 0.0785. The van der Waals surface area contributed by atoms with Crippen LogP contribution in [0.4, 0.5) is 17.3 Å². The van der Waals surface area contributed by atoms with Gasteiger partial charge in [-0.25, -0.2) is 9.97 Å². The summed E-state index contributed by atoms with van der Waals surface area (Å²) in [4.78, 5) is 11.4. The average Bonchev–Trinajstić information content (AvgIpc) is 2.66. The Kier molecular flexibility index (Phi) is 5.19. The fourth-order valence-electron chi connectivity index (χ4n) is 3.62. The molecule has 0 saturated carbocycles. The largest absolute Gasteiger partial charge is 0.386 e. The van der Waals surface area contributed by atoms with Gasteiger partial charge in [0.15, 0.2) is 0 Å². The summed E-state index contributed by atoms with van der Waals surface area (Å²) in [5, 5.41) is 14.3. The molecule has 3 aromatic rings. The number of rotatable bonds is 4. The third-order valence-corrected chi connectivity index (χ3v) is 5.41. The molecule has 2 aromatic carbocycles. The molecule has 0 unspecified atom stereocenters. The van der Waals surface area contributed by atoms with Crippen LogP contribution < -0.4 is 10.2 Å². The van der Waals surface area contributed by atoms with E-state index in [9.17, 15) is 5.11 Å². The van der Waals surface area contributed by atoms with Crippen LogP contribution in [0.15, 0.2) is 48.5 Å². The van der Waals surface area contributed by atoms with Gasteiger partial charge in [-0.1, -0.05) is 35.9 Å². The van der Waals surface area contributed by atoms with Crippen LogP contribution in [0.1, 0.15) is 36.4 Å². The molecule has 0 fully saturated rings. The summed E-state index contributed by atoms with van der Waals surface area (Å²) in [6.45, 7) is 7.20. The van der Waals surface area contributed by atoms with Gasteiger partial charge in [0.1, 0.15) is 17.5 Å². The number of hydrogen-bond donors (Lipinski definition) is 2. The molecule has 0 amide bonds. The predicted molar refractivity (Wildman–Crippen MR) is 118 cm³/mol. The van der Waals surface area contributed by atoms with Crippen LogP contribution in [0.2, 0.25) is 5.02 Å². The number of aryl methyl sites for hydroxylation is 1. The molecule has 150 valence electrons. The summed E-state index contributed by atoms with van der Waals surface area (Å²) in [5.41, 5.74) is 3.59. The fourth-order valence-corrected chi connectivity index (χ4v) is 3.81. The number of nitrogens with one attached hydrogen (secondary N) is 1. The van der Waals surface area contributed by atoms with Crippen LogP contribution in [0.3, 0.4) is 0 Å². The first kappa shape index (κ1) is 19.7. The molecule has 2 N–H and O–H groups in total. The van der Waals surface area contributed by atoms with Crippen molar-refractivity contribution in [2.45, 2.75) is 39.3 Å². The molecule has 4 rings (SSSR count). The maximum absolute atomic E-state index is 10.3. The van der Waals surface area contributed by atoms with Gasteiger partial charge in [-0.2, -0.15) is 0 Å². The molecule has 0 bridgehead atoms. The summed E-state index contributed by atoms with van der Waals surface area (Å²) in [6.07, 6.45) is 0.916. The summed E-state index contributed by atoms with van der Waals surface area (Å²) in [6, 6.07) is 15.8. The van der Waals surface area contributed by atoms with E-state index in [1.807, 2.05) is 57.2 Å². The van der Waals surface area contributed by atoms with E-state index in [1.54, 1.807) is 0 Å². The highest BCUT2D eigenvalue weighted by Gasteiger charge is 2.22. The summed E-state index contributed by atoms with van der Waals surface area (Å²) in [7, 11) is 0. The van der Waals surface area contributed by atoms with Gasteiger partial charge in [-0.05, 0) is 62.1 Å². The van der Waals surface area contributed by atoms with Crippen molar-refractivity contribution >= 4 is 28.9 Å². The molecule has 5 nitrogen and oxygen atoms in total. The number of halogens is 1. The smallest absolute Gasteiger partial charge is 0.136 e. The number of benzene rings is 2.